The van der Waals surface area contributed by atoms with Crippen LogP contribution in [0.1, 0.15) is 66.7 Å². The Morgan fingerprint density at radius 2 is 1.68 bits per heavy atom. The third kappa shape index (κ3) is 1.87. The zero-order valence-electron chi connectivity index (χ0n) is 16.4. The van der Waals surface area contributed by atoms with Crippen molar-refractivity contribution in [2.24, 2.45) is 39.4 Å². The second kappa shape index (κ2) is 4.98. The molecule has 0 aromatic carbocycles. The molecule has 0 amide bonds. The highest BCUT2D eigenvalue weighted by atomic mass is 16.3. The van der Waals surface area contributed by atoms with Crippen molar-refractivity contribution in [3.8, 4) is 0 Å². The van der Waals surface area contributed by atoms with E-state index in [1.54, 1.807) is 0 Å². The summed E-state index contributed by atoms with van der Waals surface area (Å²) in [6.07, 6.45) is 7.54. The largest absolute Gasteiger partial charge is 0.392 e. The van der Waals surface area contributed by atoms with Crippen LogP contribution in [0.4, 0.5) is 0 Å². The van der Waals surface area contributed by atoms with Crippen molar-refractivity contribution < 1.29 is 15.0 Å². The number of ketones is 1. The lowest BCUT2D eigenvalue weighted by Gasteiger charge is -2.69. The van der Waals surface area contributed by atoms with Crippen LogP contribution in [0.2, 0.25) is 0 Å². The molecule has 3 nitrogen and oxygen atoms in total. The summed E-state index contributed by atoms with van der Waals surface area (Å²) < 4.78 is 0. The number of carbonyl (C=O) groups is 1. The van der Waals surface area contributed by atoms with E-state index in [-0.39, 0.29) is 27.6 Å². The Labute approximate surface area is 151 Å². The monoisotopic (exact) mass is 346 g/mol. The molecule has 0 aromatic heterocycles. The minimum Gasteiger partial charge on any atom is -0.392 e. The van der Waals surface area contributed by atoms with Gasteiger partial charge in [0.25, 0.3) is 0 Å². The summed E-state index contributed by atoms with van der Waals surface area (Å²) in [5.74, 6) is 1.17. The maximum absolute atomic E-state index is 12.6. The van der Waals surface area contributed by atoms with Crippen molar-refractivity contribution in [1.82, 2.24) is 0 Å². The average molecular weight is 347 g/mol. The third-order valence-corrected chi connectivity index (χ3v) is 9.72. The lowest BCUT2D eigenvalue weighted by atomic mass is 9.35. The first-order valence-corrected chi connectivity index (χ1v) is 10.1. The van der Waals surface area contributed by atoms with Gasteiger partial charge in [0, 0.05) is 23.2 Å². The minimum absolute atomic E-state index is 0.0124. The van der Waals surface area contributed by atoms with Gasteiger partial charge in [-0.15, -0.1) is 0 Å². The summed E-state index contributed by atoms with van der Waals surface area (Å²) in [6.45, 7) is 11.2. The van der Waals surface area contributed by atoms with Crippen LogP contribution in [0, 0.1) is 39.4 Å². The van der Waals surface area contributed by atoms with Crippen molar-refractivity contribution in [3.63, 3.8) is 0 Å². The van der Waals surface area contributed by atoms with Gasteiger partial charge >= 0.3 is 0 Å². The highest BCUT2D eigenvalue weighted by Gasteiger charge is 2.70. The van der Waals surface area contributed by atoms with Crippen LogP contribution in [-0.2, 0) is 4.79 Å². The van der Waals surface area contributed by atoms with Gasteiger partial charge in [0.15, 0.2) is 0 Å². The summed E-state index contributed by atoms with van der Waals surface area (Å²) >= 11 is 0. The molecule has 2 N–H and O–H groups in total. The minimum atomic E-state index is -0.488. The van der Waals surface area contributed by atoms with Crippen molar-refractivity contribution in [3.05, 3.63) is 12.2 Å². The van der Waals surface area contributed by atoms with Gasteiger partial charge in [0.1, 0.15) is 5.78 Å². The average Bonchev–Trinajstić information content (AvgIpc) is 2.84. The molecule has 0 saturated heterocycles. The molecule has 0 aliphatic heterocycles. The summed E-state index contributed by atoms with van der Waals surface area (Å²) in [6, 6.07) is 0. The van der Waals surface area contributed by atoms with Crippen LogP contribution in [0.15, 0.2) is 12.2 Å². The van der Waals surface area contributed by atoms with Crippen molar-refractivity contribution >= 4 is 5.78 Å². The van der Waals surface area contributed by atoms with Crippen LogP contribution in [0.25, 0.3) is 0 Å². The van der Waals surface area contributed by atoms with E-state index >= 15 is 0 Å². The number of Topliss-reactive ketones (excluding diaryl/α,β-unsaturated/α-hetero) is 1. The SMILES string of the molecule is CC1(C)C(=O)CC[C@]2(C)[C@H]3C[C@@H](O)[C@@H]4C=C[C@H](O)[C@@]4(C)[C@]3(C)CC[C@@H]12. The molecule has 3 saturated carbocycles. The molecular weight excluding hydrogens is 312 g/mol. The first kappa shape index (κ1) is 17.7. The Morgan fingerprint density at radius 1 is 1.00 bits per heavy atom. The summed E-state index contributed by atoms with van der Waals surface area (Å²) in [7, 11) is 0. The quantitative estimate of drug-likeness (QED) is 0.657. The smallest absolute Gasteiger partial charge is 0.138 e. The lowest BCUT2D eigenvalue weighted by molar-refractivity contribution is -0.235. The van der Waals surface area contributed by atoms with Crippen molar-refractivity contribution in [2.45, 2.75) is 78.9 Å². The Bertz CT molecular complexity index is 637. The topological polar surface area (TPSA) is 57.5 Å². The van der Waals surface area contributed by atoms with E-state index in [0.717, 1.165) is 25.7 Å². The van der Waals surface area contributed by atoms with Gasteiger partial charge in [-0.25, -0.2) is 0 Å². The van der Waals surface area contributed by atoms with Crippen LogP contribution in [0.3, 0.4) is 0 Å². The lowest BCUT2D eigenvalue weighted by Crippen LogP contribution is -2.67. The molecular formula is C22H34O3. The van der Waals surface area contributed by atoms with E-state index in [1.807, 2.05) is 6.08 Å². The highest BCUT2D eigenvalue weighted by Crippen LogP contribution is 2.73. The molecule has 4 aliphatic carbocycles. The summed E-state index contributed by atoms with van der Waals surface area (Å²) in [5, 5.41) is 21.9. The molecule has 0 bridgehead atoms. The summed E-state index contributed by atoms with van der Waals surface area (Å²) in [4.78, 5) is 12.6. The Kier molecular flexibility index (Phi) is 3.53. The van der Waals surface area contributed by atoms with Gasteiger partial charge < -0.3 is 10.2 Å². The number of rotatable bonds is 0. The second-order valence-corrected chi connectivity index (χ2v) is 10.7. The van der Waals surface area contributed by atoms with E-state index in [1.165, 1.54) is 0 Å². The molecule has 140 valence electrons. The predicted molar refractivity (Wildman–Crippen MR) is 97.8 cm³/mol. The van der Waals surface area contributed by atoms with Gasteiger partial charge in [0.05, 0.1) is 12.2 Å². The summed E-state index contributed by atoms with van der Waals surface area (Å²) in [5.41, 5.74) is -0.540. The van der Waals surface area contributed by atoms with Gasteiger partial charge in [-0.1, -0.05) is 46.8 Å². The fourth-order valence-electron chi connectivity index (χ4n) is 7.98. The standard InChI is InChI=1S/C22H34O3/c1-19(2)15-8-11-21(4)16(20(15,3)10-9-17(19)24)12-14(23)13-6-7-18(25)22(13,21)5/h6-7,13-16,18,23,25H,8-12H2,1-5H3/t13-,14+,15-,16+,18-,20-,21+,22-/m0/s1. The molecule has 25 heavy (non-hydrogen) atoms. The molecule has 0 aromatic rings. The number of hydrogen-bond donors (Lipinski definition) is 2. The fraction of sp³-hybridized carbons (Fsp3) is 0.864. The van der Waals surface area contributed by atoms with E-state index in [0.29, 0.717) is 24.0 Å². The molecule has 0 spiro atoms. The fourth-order valence-corrected chi connectivity index (χ4v) is 7.98. The number of fused-ring (bicyclic) bond motifs is 5. The number of hydrogen-bond acceptors (Lipinski definition) is 3. The van der Waals surface area contributed by atoms with E-state index < -0.39 is 12.2 Å². The van der Waals surface area contributed by atoms with Gasteiger partial charge in [-0.05, 0) is 48.3 Å². The first-order valence-electron chi connectivity index (χ1n) is 10.1. The molecule has 0 heterocycles. The molecule has 3 fully saturated rings. The molecule has 8 atom stereocenters. The van der Waals surface area contributed by atoms with Crippen molar-refractivity contribution in [2.75, 3.05) is 0 Å². The van der Waals surface area contributed by atoms with Crippen molar-refractivity contribution in [1.29, 1.82) is 0 Å². The van der Waals surface area contributed by atoms with Crippen LogP contribution >= 0.6 is 0 Å². The zero-order valence-corrected chi connectivity index (χ0v) is 16.4. The van der Waals surface area contributed by atoms with E-state index in [2.05, 4.69) is 40.7 Å². The highest BCUT2D eigenvalue weighted by molar-refractivity contribution is 5.85. The molecule has 4 aliphatic rings. The Balaban J connectivity index is 1.82. The third-order valence-electron chi connectivity index (χ3n) is 9.72. The maximum atomic E-state index is 12.6. The first-order chi connectivity index (χ1) is 11.5. The van der Waals surface area contributed by atoms with E-state index in [9.17, 15) is 15.0 Å². The normalized spacial score (nSPS) is 56.9. The zero-order chi connectivity index (χ0) is 18.4. The van der Waals surface area contributed by atoms with Gasteiger partial charge in [0.2, 0.25) is 0 Å². The van der Waals surface area contributed by atoms with Crippen LogP contribution < -0.4 is 0 Å². The Morgan fingerprint density at radius 3 is 2.36 bits per heavy atom. The van der Waals surface area contributed by atoms with Gasteiger partial charge in [-0.2, -0.15) is 0 Å². The molecule has 0 radical (unpaired) electrons. The van der Waals surface area contributed by atoms with Gasteiger partial charge in [-0.3, -0.25) is 4.79 Å². The van der Waals surface area contributed by atoms with E-state index in [4.69, 9.17) is 0 Å². The molecule has 4 rings (SSSR count). The van der Waals surface area contributed by atoms with Crippen LogP contribution in [-0.4, -0.2) is 28.2 Å². The maximum Gasteiger partial charge on any atom is 0.138 e. The predicted octanol–water partition coefficient (Wildman–Crippen LogP) is 3.73. The molecule has 3 heteroatoms. The second-order valence-electron chi connectivity index (χ2n) is 10.7. The van der Waals surface area contributed by atoms with Crippen LogP contribution in [0.5, 0.6) is 0 Å². The Hall–Kier alpha value is -0.670. The molecule has 0 unspecified atom stereocenters. The number of aliphatic hydroxyl groups is 2. The number of aliphatic hydroxyl groups excluding tert-OH is 2. The number of carbonyl (C=O) groups excluding carboxylic acids is 1.